The molecule has 1 heterocycles. The number of carboxylic acids is 1. The van der Waals surface area contributed by atoms with Gasteiger partial charge in [-0.05, 0) is 30.9 Å². The molecule has 1 atom stereocenters. The zero-order valence-electron chi connectivity index (χ0n) is 10.2. The van der Waals surface area contributed by atoms with Gasteiger partial charge < -0.3 is 10.0 Å². The van der Waals surface area contributed by atoms with Gasteiger partial charge in [0.1, 0.15) is 0 Å². The van der Waals surface area contributed by atoms with Crippen molar-refractivity contribution >= 4 is 11.7 Å². The number of hydrogen-bond donors (Lipinski definition) is 1. The fourth-order valence-electron chi connectivity index (χ4n) is 2.32. The van der Waals surface area contributed by atoms with Crippen molar-refractivity contribution in [1.29, 1.82) is 0 Å². The summed E-state index contributed by atoms with van der Waals surface area (Å²) in [6.07, 6.45) is 3.02. The predicted molar refractivity (Wildman–Crippen MR) is 68.4 cm³/mol. The van der Waals surface area contributed by atoms with E-state index in [0.29, 0.717) is 6.42 Å². The van der Waals surface area contributed by atoms with Crippen LogP contribution >= 0.6 is 0 Å². The molecule has 3 heteroatoms. The third-order valence-electron chi connectivity index (χ3n) is 3.46. The number of carboxylic acid groups (broad SMARTS) is 1. The number of carbonyl (C=O) groups is 1. The Morgan fingerprint density at radius 1 is 1.47 bits per heavy atom. The van der Waals surface area contributed by atoms with E-state index in [4.69, 9.17) is 5.11 Å². The van der Waals surface area contributed by atoms with Crippen LogP contribution in [0.2, 0.25) is 0 Å². The summed E-state index contributed by atoms with van der Waals surface area (Å²) in [7, 11) is 0. The molecule has 1 aliphatic heterocycles. The van der Waals surface area contributed by atoms with Crippen LogP contribution < -0.4 is 4.90 Å². The minimum atomic E-state index is -0.699. The lowest BCUT2D eigenvalue weighted by Gasteiger charge is -2.31. The molecule has 0 bridgehead atoms. The van der Waals surface area contributed by atoms with E-state index in [1.807, 2.05) is 0 Å². The van der Waals surface area contributed by atoms with Crippen molar-refractivity contribution < 1.29 is 9.90 Å². The molecule has 0 saturated heterocycles. The summed E-state index contributed by atoms with van der Waals surface area (Å²) in [5.41, 5.74) is 2.68. The Kier molecular flexibility index (Phi) is 3.67. The van der Waals surface area contributed by atoms with Crippen molar-refractivity contribution in [3.05, 3.63) is 29.8 Å². The summed E-state index contributed by atoms with van der Waals surface area (Å²) in [6, 6.07) is 8.43. The maximum absolute atomic E-state index is 10.8. The number of benzene rings is 1. The van der Waals surface area contributed by atoms with E-state index < -0.39 is 5.97 Å². The molecule has 1 N–H and O–H groups in total. The Hall–Kier alpha value is -1.51. The topological polar surface area (TPSA) is 40.5 Å². The summed E-state index contributed by atoms with van der Waals surface area (Å²) in [5, 5.41) is 8.89. The summed E-state index contributed by atoms with van der Waals surface area (Å²) in [5.74, 6) is -0.959. The average molecular weight is 233 g/mol. The minimum Gasteiger partial charge on any atom is -0.481 e. The first kappa shape index (κ1) is 12.0. The van der Waals surface area contributed by atoms with E-state index >= 15 is 0 Å². The Balaban J connectivity index is 2.01. The van der Waals surface area contributed by atoms with Gasteiger partial charge in [-0.2, -0.15) is 0 Å². The molecule has 1 aromatic rings. The lowest BCUT2D eigenvalue weighted by atomic mass is 10.0. The number of aryl methyl sites for hydroxylation is 1. The summed E-state index contributed by atoms with van der Waals surface area (Å²) >= 11 is 0. The van der Waals surface area contributed by atoms with E-state index in [1.54, 1.807) is 6.92 Å². The average Bonchev–Trinajstić information content (AvgIpc) is 2.35. The number of anilines is 1. The lowest BCUT2D eigenvalue weighted by Crippen LogP contribution is -2.31. The van der Waals surface area contributed by atoms with E-state index in [2.05, 4.69) is 29.2 Å². The Morgan fingerprint density at radius 3 is 3.00 bits per heavy atom. The highest BCUT2D eigenvalue weighted by molar-refractivity contribution is 5.69. The SMILES string of the molecule is CC(CCN1CCCc2ccccc21)C(=O)O. The molecule has 0 radical (unpaired) electrons. The molecule has 0 amide bonds. The fourth-order valence-corrected chi connectivity index (χ4v) is 2.32. The molecule has 0 saturated carbocycles. The standard InChI is InChI=1S/C14H19NO2/c1-11(14(16)17)8-10-15-9-4-6-12-5-2-3-7-13(12)15/h2-3,5,7,11H,4,6,8-10H2,1H3,(H,16,17). The molecular formula is C14H19NO2. The first-order valence-electron chi connectivity index (χ1n) is 6.24. The molecule has 2 rings (SSSR count). The molecule has 1 unspecified atom stereocenters. The van der Waals surface area contributed by atoms with E-state index in [9.17, 15) is 4.79 Å². The second kappa shape index (κ2) is 5.21. The van der Waals surface area contributed by atoms with Crippen LogP contribution in [0, 0.1) is 5.92 Å². The van der Waals surface area contributed by atoms with Gasteiger partial charge in [0.15, 0.2) is 0 Å². The highest BCUT2D eigenvalue weighted by Gasteiger charge is 2.18. The second-order valence-electron chi connectivity index (χ2n) is 4.75. The quantitative estimate of drug-likeness (QED) is 0.868. The Labute approximate surface area is 102 Å². The first-order valence-corrected chi connectivity index (χ1v) is 6.24. The zero-order valence-corrected chi connectivity index (χ0v) is 10.2. The van der Waals surface area contributed by atoms with E-state index in [1.165, 1.54) is 17.7 Å². The van der Waals surface area contributed by atoms with Crippen molar-refractivity contribution in [2.24, 2.45) is 5.92 Å². The summed E-state index contributed by atoms with van der Waals surface area (Å²) in [6.45, 7) is 3.66. The highest BCUT2D eigenvalue weighted by atomic mass is 16.4. The lowest BCUT2D eigenvalue weighted by molar-refractivity contribution is -0.141. The van der Waals surface area contributed by atoms with Gasteiger partial charge in [0, 0.05) is 18.8 Å². The minimum absolute atomic E-state index is 0.260. The van der Waals surface area contributed by atoms with Gasteiger partial charge in [-0.1, -0.05) is 25.1 Å². The number of aliphatic carboxylic acids is 1. The molecule has 17 heavy (non-hydrogen) atoms. The molecule has 1 aliphatic rings. The molecule has 92 valence electrons. The van der Waals surface area contributed by atoms with Crippen molar-refractivity contribution in [2.45, 2.75) is 26.2 Å². The van der Waals surface area contributed by atoms with E-state index in [0.717, 1.165) is 19.5 Å². The molecule has 0 spiro atoms. The van der Waals surface area contributed by atoms with Crippen LogP contribution in [-0.2, 0) is 11.2 Å². The van der Waals surface area contributed by atoms with Crippen molar-refractivity contribution in [1.82, 2.24) is 0 Å². The molecule has 1 aromatic carbocycles. The largest absolute Gasteiger partial charge is 0.481 e. The van der Waals surface area contributed by atoms with Crippen molar-refractivity contribution in [2.75, 3.05) is 18.0 Å². The van der Waals surface area contributed by atoms with Crippen molar-refractivity contribution in [3.63, 3.8) is 0 Å². The van der Waals surface area contributed by atoms with Crippen LogP contribution in [0.15, 0.2) is 24.3 Å². The third-order valence-corrected chi connectivity index (χ3v) is 3.46. The Morgan fingerprint density at radius 2 is 2.24 bits per heavy atom. The monoisotopic (exact) mass is 233 g/mol. The fraction of sp³-hybridized carbons (Fsp3) is 0.500. The smallest absolute Gasteiger partial charge is 0.306 e. The second-order valence-corrected chi connectivity index (χ2v) is 4.75. The van der Waals surface area contributed by atoms with Crippen LogP contribution in [0.3, 0.4) is 0 Å². The maximum Gasteiger partial charge on any atom is 0.306 e. The molecule has 0 aliphatic carbocycles. The highest BCUT2D eigenvalue weighted by Crippen LogP contribution is 2.27. The number of nitrogens with zero attached hydrogens (tertiary/aromatic N) is 1. The molecule has 0 aromatic heterocycles. The predicted octanol–water partition coefficient (Wildman–Crippen LogP) is 2.55. The zero-order chi connectivity index (χ0) is 12.3. The molecular weight excluding hydrogens is 214 g/mol. The van der Waals surface area contributed by atoms with Gasteiger partial charge in [0.25, 0.3) is 0 Å². The summed E-state index contributed by atoms with van der Waals surface area (Å²) in [4.78, 5) is 13.1. The van der Waals surface area contributed by atoms with Crippen LogP contribution in [0.1, 0.15) is 25.3 Å². The van der Waals surface area contributed by atoms with Crippen LogP contribution in [0.4, 0.5) is 5.69 Å². The maximum atomic E-state index is 10.8. The van der Waals surface area contributed by atoms with Crippen LogP contribution in [0.25, 0.3) is 0 Å². The number of fused-ring (bicyclic) bond motifs is 1. The van der Waals surface area contributed by atoms with Gasteiger partial charge in [-0.3, -0.25) is 4.79 Å². The van der Waals surface area contributed by atoms with Crippen LogP contribution in [-0.4, -0.2) is 24.2 Å². The van der Waals surface area contributed by atoms with Gasteiger partial charge in [0.2, 0.25) is 0 Å². The van der Waals surface area contributed by atoms with Gasteiger partial charge in [-0.25, -0.2) is 0 Å². The number of rotatable bonds is 4. The number of para-hydroxylation sites is 1. The Bertz CT molecular complexity index is 403. The molecule has 3 nitrogen and oxygen atoms in total. The van der Waals surface area contributed by atoms with Crippen LogP contribution in [0.5, 0.6) is 0 Å². The normalized spacial score (nSPS) is 16.4. The summed E-state index contributed by atoms with van der Waals surface area (Å²) < 4.78 is 0. The third kappa shape index (κ3) is 2.78. The molecule has 0 fully saturated rings. The van der Waals surface area contributed by atoms with Crippen molar-refractivity contribution in [3.8, 4) is 0 Å². The number of hydrogen-bond acceptors (Lipinski definition) is 2. The van der Waals surface area contributed by atoms with Gasteiger partial charge >= 0.3 is 5.97 Å². The van der Waals surface area contributed by atoms with E-state index in [-0.39, 0.29) is 5.92 Å². The van der Waals surface area contributed by atoms with Gasteiger partial charge in [0.05, 0.1) is 5.92 Å². The van der Waals surface area contributed by atoms with Gasteiger partial charge in [-0.15, -0.1) is 0 Å². The first-order chi connectivity index (χ1) is 8.18.